The van der Waals surface area contributed by atoms with E-state index < -0.39 is 15.9 Å². The molecule has 0 unspecified atom stereocenters. The number of hydrogen-bond donors (Lipinski definition) is 1. The van der Waals surface area contributed by atoms with E-state index in [0.717, 1.165) is 4.31 Å². The lowest BCUT2D eigenvalue weighted by Gasteiger charge is -2.13. The summed E-state index contributed by atoms with van der Waals surface area (Å²) in [6.45, 7) is 0.442. The lowest BCUT2D eigenvalue weighted by molar-refractivity contribution is 0.0870. The summed E-state index contributed by atoms with van der Waals surface area (Å²) in [6, 6.07) is 3.00. The van der Waals surface area contributed by atoms with E-state index in [0.29, 0.717) is 13.0 Å². The average molecular weight is 241 g/mol. The minimum absolute atomic E-state index is 0.105. The number of carbonyl (C=O) groups excluding carboxylic acids is 1. The molecule has 0 radical (unpaired) electrons. The highest BCUT2D eigenvalue weighted by atomic mass is 32.2. The van der Waals surface area contributed by atoms with Gasteiger partial charge in [0.2, 0.25) is 0 Å². The van der Waals surface area contributed by atoms with Crippen LogP contribution in [-0.4, -0.2) is 36.7 Å². The number of nitrogens with zero attached hydrogens (tertiary/aromatic N) is 2. The zero-order valence-electron chi connectivity index (χ0n) is 8.46. The summed E-state index contributed by atoms with van der Waals surface area (Å²) >= 11 is 0. The Morgan fingerprint density at radius 1 is 1.44 bits per heavy atom. The molecule has 16 heavy (non-hydrogen) atoms. The number of hydrogen-bond acceptors (Lipinski definition) is 5. The van der Waals surface area contributed by atoms with Gasteiger partial charge in [-0.25, -0.2) is 9.29 Å². The van der Waals surface area contributed by atoms with Gasteiger partial charge in [0.05, 0.1) is 5.56 Å². The van der Waals surface area contributed by atoms with Crippen molar-refractivity contribution >= 4 is 15.9 Å². The second-order valence-electron chi connectivity index (χ2n) is 3.38. The molecular formula is C9H11N3O3S. The highest BCUT2D eigenvalue weighted by Gasteiger charge is 2.41. The maximum absolute atomic E-state index is 11.9. The van der Waals surface area contributed by atoms with E-state index in [1.807, 2.05) is 0 Å². The molecule has 0 aromatic carbocycles. The van der Waals surface area contributed by atoms with Crippen molar-refractivity contribution in [2.45, 2.75) is 11.4 Å². The fourth-order valence-electron chi connectivity index (χ4n) is 1.56. The SMILES string of the molecule is NCCCN1C(=O)c2cccnc2S1(=O)=O. The third kappa shape index (κ3) is 1.48. The number of amides is 1. The lowest BCUT2D eigenvalue weighted by atomic mass is 10.2. The molecule has 2 heterocycles. The van der Waals surface area contributed by atoms with Gasteiger partial charge in [0, 0.05) is 12.7 Å². The van der Waals surface area contributed by atoms with Crippen LogP contribution in [0.3, 0.4) is 0 Å². The Bertz CT molecular complexity index is 527. The predicted octanol–water partition coefficient (Wildman–Crippen LogP) is -0.425. The van der Waals surface area contributed by atoms with Crippen molar-refractivity contribution in [1.82, 2.24) is 9.29 Å². The highest BCUT2D eigenvalue weighted by molar-refractivity contribution is 7.90. The normalized spacial score (nSPS) is 17.6. The summed E-state index contributed by atoms with van der Waals surface area (Å²) in [7, 11) is -3.75. The largest absolute Gasteiger partial charge is 0.330 e. The number of rotatable bonds is 3. The number of fused-ring (bicyclic) bond motifs is 1. The topological polar surface area (TPSA) is 93.4 Å². The van der Waals surface area contributed by atoms with Gasteiger partial charge in [-0.2, -0.15) is 8.42 Å². The van der Waals surface area contributed by atoms with E-state index in [1.165, 1.54) is 12.3 Å². The van der Waals surface area contributed by atoms with Crippen LogP contribution in [0.1, 0.15) is 16.8 Å². The van der Waals surface area contributed by atoms with Crippen LogP contribution in [0.25, 0.3) is 0 Å². The van der Waals surface area contributed by atoms with Crippen molar-refractivity contribution < 1.29 is 13.2 Å². The number of nitrogens with two attached hydrogens (primary N) is 1. The first kappa shape index (κ1) is 11.0. The number of pyridine rings is 1. The summed E-state index contributed by atoms with van der Waals surface area (Å²) < 4.78 is 24.6. The summed E-state index contributed by atoms with van der Waals surface area (Å²) in [6.07, 6.45) is 1.80. The van der Waals surface area contributed by atoms with Crippen molar-refractivity contribution in [2.75, 3.05) is 13.1 Å². The summed E-state index contributed by atoms with van der Waals surface area (Å²) in [4.78, 5) is 15.5. The molecule has 2 N–H and O–H groups in total. The van der Waals surface area contributed by atoms with E-state index >= 15 is 0 Å². The van der Waals surface area contributed by atoms with Gasteiger partial charge in [0.25, 0.3) is 15.9 Å². The van der Waals surface area contributed by atoms with Crippen LogP contribution in [-0.2, 0) is 10.0 Å². The molecule has 7 heteroatoms. The molecule has 0 atom stereocenters. The maximum atomic E-state index is 11.9. The van der Waals surface area contributed by atoms with Crippen LogP contribution in [0, 0.1) is 0 Å². The van der Waals surface area contributed by atoms with Crippen molar-refractivity contribution in [3.05, 3.63) is 23.9 Å². The van der Waals surface area contributed by atoms with Crippen LogP contribution < -0.4 is 5.73 Å². The minimum Gasteiger partial charge on any atom is -0.330 e. The molecular weight excluding hydrogens is 230 g/mol. The van der Waals surface area contributed by atoms with Gasteiger partial charge < -0.3 is 5.73 Å². The molecule has 86 valence electrons. The number of aromatic nitrogens is 1. The van der Waals surface area contributed by atoms with Crippen LogP contribution >= 0.6 is 0 Å². The molecule has 0 saturated carbocycles. The molecule has 1 aliphatic rings. The van der Waals surface area contributed by atoms with Crippen molar-refractivity contribution in [3.8, 4) is 0 Å². The molecule has 1 amide bonds. The van der Waals surface area contributed by atoms with Gasteiger partial charge in [-0.1, -0.05) is 0 Å². The maximum Gasteiger partial charge on any atom is 0.285 e. The summed E-state index contributed by atoms with van der Waals surface area (Å²) in [5, 5.41) is -0.156. The smallest absolute Gasteiger partial charge is 0.285 e. The van der Waals surface area contributed by atoms with E-state index in [4.69, 9.17) is 5.73 Å². The molecule has 0 fully saturated rings. The average Bonchev–Trinajstić information content (AvgIpc) is 2.46. The summed E-state index contributed by atoms with van der Waals surface area (Å²) in [5.41, 5.74) is 5.44. The molecule has 0 spiro atoms. The van der Waals surface area contributed by atoms with Crippen LogP contribution in [0.4, 0.5) is 0 Å². The second kappa shape index (κ2) is 3.84. The van der Waals surface area contributed by atoms with E-state index in [1.54, 1.807) is 6.07 Å². The minimum atomic E-state index is -3.75. The Kier molecular flexibility index (Phi) is 2.64. The standard InChI is InChI=1S/C9H11N3O3S/c10-4-2-6-12-9(13)7-3-1-5-11-8(7)16(12,14)15/h1,3,5H,2,4,6,10H2. The molecule has 2 rings (SSSR count). The zero-order chi connectivity index (χ0) is 11.8. The molecule has 0 aliphatic carbocycles. The Morgan fingerprint density at radius 2 is 2.19 bits per heavy atom. The Balaban J connectivity index is 2.46. The van der Waals surface area contributed by atoms with Crippen molar-refractivity contribution in [2.24, 2.45) is 5.73 Å². The third-order valence-corrected chi connectivity index (χ3v) is 4.07. The lowest BCUT2D eigenvalue weighted by Crippen LogP contribution is -2.32. The van der Waals surface area contributed by atoms with E-state index in [-0.39, 0.29) is 17.1 Å². The van der Waals surface area contributed by atoms with E-state index in [2.05, 4.69) is 4.98 Å². The molecule has 1 aliphatic heterocycles. The molecule has 1 aromatic heterocycles. The van der Waals surface area contributed by atoms with Gasteiger partial charge in [-0.3, -0.25) is 4.79 Å². The monoisotopic (exact) mass is 241 g/mol. The zero-order valence-corrected chi connectivity index (χ0v) is 9.27. The first-order valence-corrected chi connectivity index (χ1v) is 6.25. The van der Waals surface area contributed by atoms with Gasteiger partial charge in [-0.15, -0.1) is 0 Å². The van der Waals surface area contributed by atoms with Crippen LogP contribution in [0.5, 0.6) is 0 Å². The first-order chi connectivity index (χ1) is 7.59. The number of sulfonamides is 1. The molecule has 1 aromatic rings. The highest BCUT2D eigenvalue weighted by Crippen LogP contribution is 2.27. The fourth-order valence-corrected chi connectivity index (χ4v) is 3.09. The molecule has 6 nitrogen and oxygen atoms in total. The van der Waals surface area contributed by atoms with Gasteiger partial charge in [0.1, 0.15) is 0 Å². The molecule has 0 saturated heterocycles. The van der Waals surface area contributed by atoms with Crippen molar-refractivity contribution in [3.63, 3.8) is 0 Å². The fraction of sp³-hybridized carbons (Fsp3) is 0.333. The Hall–Kier alpha value is -1.47. The number of carbonyl (C=O) groups is 1. The van der Waals surface area contributed by atoms with E-state index in [9.17, 15) is 13.2 Å². The van der Waals surface area contributed by atoms with Gasteiger partial charge >= 0.3 is 0 Å². The van der Waals surface area contributed by atoms with Gasteiger partial charge in [-0.05, 0) is 25.1 Å². The van der Waals surface area contributed by atoms with Crippen LogP contribution in [0.15, 0.2) is 23.4 Å². The predicted molar refractivity (Wildman–Crippen MR) is 56.1 cm³/mol. The van der Waals surface area contributed by atoms with Crippen LogP contribution in [0.2, 0.25) is 0 Å². The molecule has 0 bridgehead atoms. The quantitative estimate of drug-likeness (QED) is 0.775. The first-order valence-electron chi connectivity index (χ1n) is 4.81. The third-order valence-electron chi connectivity index (χ3n) is 2.33. The Morgan fingerprint density at radius 3 is 2.81 bits per heavy atom. The van der Waals surface area contributed by atoms with Crippen molar-refractivity contribution in [1.29, 1.82) is 0 Å². The second-order valence-corrected chi connectivity index (χ2v) is 5.16. The summed E-state index contributed by atoms with van der Waals surface area (Å²) in [5.74, 6) is -0.517. The Labute approximate surface area is 93.1 Å². The van der Waals surface area contributed by atoms with Gasteiger partial charge in [0.15, 0.2) is 5.03 Å².